The van der Waals surface area contributed by atoms with Crippen LogP contribution in [0.2, 0.25) is 0 Å². The molecule has 0 radical (unpaired) electrons. The molecule has 2 aromatic rings. The first kappa shape index (κ1) is 23.9. The van der Waals surface area contributed by atoms with E-state index in [1.54, 1.807) is 0 Å². The molecule has 33 heavy (non-hydrogen) atoms. The average Bonchev–Trinajstić information content (AvgIpc) is 2.83. The van der Waals surface area contributed by atoms with E-state index in [0.717, 1.165) is 31.4 Å². The number of rotatable bonds is 5. The van der Waals surface area contributed by atoms with Crippen molar-refractivity contribution < 1.29 is 26.7 Å². The zero-order valence-electron chi connectivity index (χ0n) is 19.0. The van der Waals surface area contributed by atoms with Crippen molar-refractivity contribution in [2.45, 2.75) is 64.9 Å². The zero-order valence-corrected chi connectivity index (χ0v) is 19.0. The molecule has 2 aromatic carbocycles. The third-order valence-electron chi connectivity index (χ3n) is 7.20. The van der Waals surface area contributed by atoms with Crippen LogP contribution in [0.15, 0.2) is 24.3 Å². The zero-order chi connectivity index (χ0) is 23.7. The summed E-state index contributed by atoms with van der Waals surface area (Å²) in [5.74, 6) is -5.71. The van der Waals surface area contributed by atoms with E-state index < -0.39 is 29.1 Å². The molecule has 6 heteroatoms. The minimum Gasteiger partial charge on any atom is -0.378 e. The highest BCUT2D eigenvalue weighted by Crippen LogP contribution is 2.39. The fourth-order valence-electron chi connectivity index (χ4n) is 5.24. The van der Waals surface area contributed by atoms with Crippen LogP contribution >= 0.6 is 0 Å². The topological polar surface area (TPSA) is 9.23 Å². The molecule has 3 atom stereocenters. The van der Waals surface area contributed by atoms with Gasteiger partial charge in [-0.25, -0.2) is 22.0 Å². The third-order valence-corrected chi connectivity index (χ3v) is 7.20. The Bertz CT molecular complexity index is 1050. The lowest BCUT2D eigenvalue weighted by atomic mass is 9.80. The lowest BCUT2D eigenvalue weighted by Crippen LogP contribution is -2.32. The standard InChI is InChI=1S/C27H29F5O/c1-3-4-16-5-12-23(33-14-16)18-8-6-17(7-9-18)19-10-11-20(26(31)25(19)30)21-13-22(28)27(32)24(29)15(21)2/h6,10-11,13,16,18,23H,3-5,7-9,12,14H2,1-2H3. The van der Waals surface area contributed by atoms with Gasteiger partial charge in [-0.3, -0.25) is 0 Å². The van der Waals surface area contributed by atoms with Gasteiger partial charge in [0.1, 0.15) is 0 Å². The van der Waals surface area contributed by atoms with Gasteiger partial charge in [-0.2, -0.15) is 0 Å². The summed E-state index contributed by atoms with van der Waals surface area (Å²) in [7, 11) is 0. The first-order valence-electron chi connectivity index (χ1n) is 11.7. The molecule has 1 aliphatic carbocycles. The quantitative estimate of drug-likeness (QED) is 0.321. The molecule has 2 aliphatic rings. The second-order valence-electron chi connectivity index (χ2n) is 9.32. The number of ether oxygens (including phenoxy) is 1. The van der Waals surface area contributed by atoms with Crippen LogP contribution in [0.3, 0.4) is 0 Å². The lowest BCUT2D eigenvalue weighted by Gasteiger charge is -2.35. The summed E-state index contributed by atoms with van der Waals surface area (Å²) in [4.78, 5) is 0. The summed E-state index contributed by atoms with van der Waals surface area (Å²) in [6.07, 6.45) is 8.94. The lowest BCUT2D eigenvalue weighted by molar-refractivity contribution is -0.0504. The Hall–Kier alpha value is -2.21. The Morgan fingerprint density at radius 3 is 2.24 bits per heavy atom. The number of hydrogen-bond acceptors (Lipinski definition) is 1. The van der Waals surface area contributed by atoms with Crippen LogP contribution in [-0.4, -0.2) is 12.7 Å². The molecular weight excluding hydrogens is 435 g/mol. The first-order chi connectivity index (χ1) is 15.8. The highest BCUT2D eigenvalue weighted by Gasteiger charge is 2.30. The second-order valence-corrected chi connectivity index (χ2v) is 9.32. The van der Waals surface area contributed by atoms with Gasteiger partial charge in [-0.1, -0.05) is 31.6 Å². The maximum atomic E-state index is 15.0. The van der Waals surface area contributed by atoms with Crippen molar-refractivity contribution >= 4 is 5.57 Å². The Balaban J connectivity index is 1.52. The Morgan fingerprint density at radius 2 is 1.61 bits per heavy atom. The Kier molecular flexibility index (Phi) is 7.22. The fraction of sp³-hybridized carbons (Fsp3) is 0.481. The van der Waals surface area contributed by atoms with Gasteiger partial charge in [0, 0.05) is 17.7 Å². The summed E-state index contributed by atoms with van der Waals surface area (Å²) < 4.78 is 77.2. The van der Waals surface area contributed by atoms with E-state index in [1.165, 1.54) is 38.3 Å². The van der Waals surface area contributed by atoms with Crippen LogP contribution in [0.5, 0.6) is 0 Å². The van der Waals surface area contributed by atoms with Crippen molar-refractivity contribution in [1.82, 2.24) is 0 Å². The van der Waals surface area contributed by atoms with Crippen LogP contribution in [-0.2, 0) is 4.74 Å². The molecule has 4 rings (SSSR count). The smallest absolute Gasteiger partial charge is 0.194 e. The van der Waals surface area contributed by atoms with Gasteiger partial charge >= 0.3 is 0 Å². The molecule has 0 aromatic heterocycles. The summed E-state index contributed by atoms with van der Waals surface area (Å²) in [5, 5.41) is 0. The summed E-state index contributed by atoms with van der Waals surface area (Å²) >= 11 is 0. The van der Waals surface area contributed by atoms with Crippen LogP contribution in [0.4, 0.5) is 22.0 Å². The molecule has 0 bridgehead atoms. The largest absolute Gasteiger partial charge is 0.378 e. The molecule has 1 aliphatic heterocycles. The molecular formula is C27H29F5O. The van der Waals surface area contributed by atoms with Crippen molar-refractivity contribution in [2.75, 3.05) is 6.61 Å². The van der Waals surface area contributed by atoms with Crippen molar-refractivity contribution in [3.63, 3.8) is 0 Å². The maximum Gasteiger partial charge on any atom is 0.194 e. The number of hydrogen-bond donors (Lipinski definition) is 0. The van der Waals surface area contributed by atoms with Gasteiger partial charge in [-0.05, 0) is 80.1 Å². The van der Waals surface area contributed by atoms with E-state index in [0.29, 0.717) is 24.3 Å². The predicted octanol–water partition coefficient (Wildman–Crippen LogP) is 8.14. The van der Waals surface area contributed by atoms with E-state index in [-0.39, 0.29) is 28.4 Å². The normalized spacial score (nSPS) is 23.5. The fourth-order valence-corrected chi connectivity index (χ4v) is 5.24. The van der Waals surface area contributed by atoms with E-state index in [9.17, 15) is 17.6 Å². The van der Waals surface area contributed by atoms with Crippen LogP contribution in [0.25, 0.3) is 16.7 Å². The molecule has 0 N–H and O–H groups in total. The number of halogens is 5. The maximum absolute atomic E-state index is 15.0. The predicted molar refractivity (Wildman–Crippen MR) is 119 cm³/mol. The molecule has 3 unspecified atom stereocenters. The van der Waals surface area contributed by atoms with Crippen LogP contribution in [0.1, 0.15) is 63.0 Å². The summed E-state index contributed by atoms with van der Waals surface area (Å²) in [5.41, 5.74) is 0.110. The van der Waals surface area contributed by atoms with Gasteiger partial charge in [0.2, 0.25) is 0 Å². The minimum absolute atomic E-state index is 0.156. The molecule has 1 heterocycles. The number of allylic oxidation sites excluding steroid dienone is 2. The van der Waals surface area contributed by atoms with Gasteiger partial charge in [0.05, 0.1) is 6.10 Å². The molecule has 0 saturated carbocycles. The third kappa shape index (κ3) is 4.72. The second kappa shape index (κ2) is 9.96. The molecule has 1 fully saturated rings. The average molecular weight is 465 g/mol. The highest BCUT2D eigenvalue weighted by atomic mass is 19.2. The molecule has 0 amide bonds. The van der Waals surface area contributed by atoms with Crippen molar-refractivity contribution in [3.8, 4) is 11.1 Å². The highest BCUT2D eigenvalue weighted by molar-refractivity contribution is 5.73. The van der Waals surface area contributed by atoms with Crippen LogP contribution in [0, 0.1) is 47.8 Å². The van der Waals surface area contributed by atoms with Gasteiger partial charge < -0.3 is 4.74 Å². The van der Waals surface area contributed by atoms with E-state index >= 15 is 4.39 Å². The minimum atomic E-state index is -1.63. The molecule has 1 nitrogen and oxygen atoms in total. The van der Waals surface area contributed by atoms with Crippen molar-refractivity contribution in [2.24, 2.45) is 11.8 Å². The molecule has 0 spiro atoms. The molecule has 178 valence electrons. The summed E-state index contributed by atoms with van der Waals surface area (Å²) in [6.45, 7) is 4.20. The Labute approximate surface area is 191 Å². The van der Waals surface area contributed by atoms with E-state index in [2.05, 4.69) is 6.92 Å². The van der Waals surface area contributed by atoms with Gasteiger partial charge in [0.25, 0.3) is 0 Å². The SMILES string of the molecule is CCCC1CCC(C2CC=C(c3ccc(-c4cc(F)c(F)c(F)c4C)c(F)c3F)CC2)OC1. The summed E-state index contributed by atoms with van der Waals surface area (Å²) in [6, 6.07) is 3.44. The van der Waals surface area contributed by atoms with Crippen molar-refractivity contribution in [1.29, 1.82) is 0 Å². The van der Waals surface area contributed by atoms with Crippen LogP contribution < -0.4 is 0 Å². The van der Waals surface area contributed by atoms with E-state index in [1.807, 2.05) is 6.08 Å². The van der Waals surface area contributed by atoms with Gasteiger partial charge in [0.15, 0.2) is 29.1 Å². The Morgan fingerprint density at radius 1 is 0.879 bits per heavy atom. The van der Waals surface area contributed by atoms with Crippen molar-refractivity contribution in [3.05, 3.63) is 64.5 Å². The first-order valence-corrected chi connectivity index (χ1v) is 11.7. The van der Waals surface area contributed by atoms with Gasteiger partial charge in [-0.15, -0.1) is 0 Å². The van der Waals surface area contributed by atoms with E-state index in [4.69, 9.17) is 4.74 Å². The monoisotopic (exact) mass is 464 g/mol. The molecule has 1 saturated heterocycles. The number of benzene rings is 2.